The molecule has 2 aromatic heterocycles. The van der Waals surface area contributed by atoms with E-state index in [2.05, 4.69) is 4.98 Å². The van der Waals surface area contributed by atoms with Gasteiger partial charge in [0.25, 0.3) is 0 Å². The zero-order valence-electron chi connectivity index (χ0n) is 6.83. The first-order valence-electron chi connectivity index (χ1n) is 3.65. The SMILES string of the molecule is Cc1ccsc1-c1oc(=O)[nH]c1O. The van der Waals surface area contributed by atoms with Crippen molar-refractivity contribution in [2.75, 3.05) is 0 Å². The van der Waals surface area contributed by atoms with E-state index in [-0.39, 0.29) is 11.6 Å². The highest BCUT2D eigenvalue weighted by Crippen LogP contribution is 2.33. The molecule has 5 heteroatoms. The Kier molecular flexibility index (Phi) is 1.73. The van der Waals surface area contributed by atoms with Crippen LogP contribution in [0, 0.1) is 6.92 Å². The average molecular weight is 197 g/mol. The smallest absolute Gasteiger partial charge is 0.419 e. The lowest BCUT2D eigenvalue weighted by Crippen LogP contribution is -1.92. The first-order valence-corrected chi connectivity index (χ1v) is 4.53. The van der Waals surface area contributed by atoms with Crippen LogP contribution < -0.4 is 5.76 Å². The fraction of sp³-hybridized carbons (Fsp3) is 0.125. The minimum absolute atomic E-state index is 0.212. The van der Waals surface area contributed by atoms with Gasteiger partial charge in [0.2, 0.25) is 11.6 Å². The number of aromatic hydroxyl groups is 1. The normalized spacial score (nSPS) is 10.5. The van der Waals surface area contributed by atoms with Crippen molar-refractivity contribution in [1.82, 2.24) is 4.98 Å². The molecule has 0 aliphatic heterocycles. The Morgan fingerprint density at radius 1 is 1.62 bits per heavy atom. The van der Waals surface area contributed by atoms with Gasteiger partial charge in [0.1, 0.15) is 0 Å². The molecule has 0 bridgehead atoms. The van der Waals surface area contributed by atoms with Gasteiger partial charge in [0, 0.05) is 0 Å². The topological polar surface area (TPSA) is 66.2 Å². The predicted molar refractivity (Wildman–Crippen MR) is 49.0 cm³/mol. The Hall–Kier alpha value is -1.49. The second-order valence-electron chi connectivity index (χ2n) is 2.62. The highest BCUT2D eigenvalue weighted by Gasteiger charge is 2.14. The Labute approximate surface area is 77.5 Å². The van der Waals surface area contributed by atoms with Crippen LogP contribution in [0.25, 0.3) is 10.6 Å². The van der Waals surface area contributed by atoms with Crippen LogP contribution in [-0.2, 0) is 0 Å². The van der Waals surface area contributed by atoms with Crippen LogP contribution >= 0.6 is 11.3 Å². The third-order valence-electron chi connectivity index (χ3n) is 1.70. The fourth-order valence-corrected chi connectivity index (χ4v) is 1.99. The van der Waals surface area contributed by atoms with Crippen molar-refractivity contribution in [3.05, 3.63) is 27.6 Å². The third-order valence-corrected chi connectivity index (χ3v) is 2.71. The number of aromatic nitrogens is 1. The van der Waals surface area contributed by atoms with Gasteiger partial charge in [-0.25, -0.2) is 4.79 Å². The standard InChI is InChI=1S/C8H7NO3S/c1-4-2-3-13-6(4)5-7(10)9-8(11)12-5/h2-3,10H,1H3,(H,9,11). The molecule has 0 saturated carbocycles. The highest BCUT2D eigenvalue weighted by molar-refractivity contribution is 7.13. The van der Waals surface area contributed by atoms with Crippen molar-refractivity contribution in [3.63, 3.8) is 0 Å². The van der Waals surface area contributed by atoms with Gasteiger partial charge in [-0.05, 0) is 23.9 Å². The summed E-state index contributed by atoms with van der Waals surface area (Å²) in [5, 5.41) is 11.2. The molecule has 0 saturated heterocycles. The molecule has 0 aliphatic rings. The summed E-state index contributed by atoms with van der Waals surface area (Å²) in [5.41, 5.74) is 0.975. The molecule has 2 N–H and O–H groups in total. The molecule has 2 heterocycles. The number of hydrogen-bond acceptors (Lipinski definition) is 4. The third kappa shape index (κ3) is 1.27. The van der Waals surface area contributed by atoms with E-state index in [4.69, 9.17) is 4.42 Å². The number of aryl methyl sites for hydroxylation is 1. The zero-order valence-corrected chi connectivity index (χ0v) is 7.64. The number of thiophene rings is 1. The van der Waals surface area contributed by atoms with Crippen molar-refractivity contribution in [2.24, 2.45) is 0 Å². The van der Waals surface area contributed by atoms with Gasteiger partial charge >= 0.3 is 5.76 Å². The molecule has 13 heavy (non-hydrogen) atoms. The van der Waals surface area contributed by atoms with Crippen LogP contribution in [-0.4, -0.2) is 10.1 Å². The fourth-order valence-electron chi connectivity index (χ4n) is 1.08. The van der Waals surface area contributed by atoms with E-state index in [1.807, 2.05) is 18.4 Å². The summed E-state index contributed by atoms with van der Waals surface area (Å²) in [6.45, 7) is 1.89. The minimum atomic E-state index is -0.639. The summed E-state index contributed by atoms with van der Waals surface area (Å²) in [6.07, 6.45) is 0. The van der Waals surface area contributed by atoms with E-state index in [1.54, 1.807) is 0 Å². The van der Waals surface area contributed by atoms with E-state index in [9.17, 15) is 9.90 Å². The average Bonchev–Trinajstić information content (AvgIpc) is 2.58. The van der Waals surface area contributed by atoms with Gasteiger partial charge in [-0.15, -0.1) is 11.3 Å². The van der Waals surface area contributed by atoms with E-state index < -0.39 is 5.76 Å². The molecular formula is C8H7NO3S. The monoisotopic (exact) mass is 197 g/mol. The molecular weight excluding hydrogens is 190 g/mol. The van der Waals surface area contributed by atoms with E-state index in [0.717, 1.165) is 10.4 Å². The molecule has 0 unspecified atom stereocenters. The second kappa shape index (κ2) is 2.77. The summed E-state index contributed by atoms with van der Waals surface area (Å²) in [5.74, 6) is -0.631. The Morgan fingerprint density at radius 2 is 2.38 bits per heavy atom. The van der Waals surface area contributed by atoms with Crippen molar-refractivity contribution in [3.8, 4) is 16.5 Å². The van der Waals surface area contributed by atoms with Crippen LogP contribution in [0.1, 0.15) is 5.56 Å². The van der Waals surface area contributed by atoms with Gasteiger partial charge < -0.3 is 9.52 Å². The summed E-state index contributed by atoms with van der Waals surface area (Å²) in [6, 6.07) is 1.90. The Balaban J connectivity index is 2.65. The second-order valence-corrected chi connectivity index (χ2v) is 3.54. The van der Waals surface area contributed by atoms with Gasteiger partial charge in [-0.3, -0.25) is 4.98 Å². The summed E-state index contributed by atoms with van der Waals surface area (Å²) >= 11 is 1.42. The molecule has 0 amide bonds. The highest BCUT2D eigenvalue weighted by atomic mass is 32.1. The van der Waals surface area contributed by atoms with Crippen LogP contribution in [0.2, 0.25) is 0 Å². The zero-order chi connectivity index (χ0) is 9.42. The lowest BCUT2D eigenvalue weighted by atomic mass is 10.2. The largest absolute Gasteiger partial charge is 0.492 e. The summed E-state index contributed by atoms with van der Waals surface area (Å²) in [7, 11) is 0. The first-order chi connectivity index (χ1) is 6.18. The molecule has 0 spiro atoms. The molecule has 2 aromatic rings. The summed E-state index contributed by atoms with van der Waals surface area (Å²) < 4.78 is 4.79. The molecule has 4 nitrogen and oxygen atoms in total. The molecule has 0 aromatic carbocycles. The van der Waals surface area contributed by atoms with Gasteiger partial charge in [-0.1, -0.05) is 0 Å². The van der Waals surface area contributed by atoms with Crippen LogP contribution in [0.5, 0.6) is 5.88 Å². The van der Waals surface area contributed by atoms with E-state index >= 15 is 0 Å². The van der Waals surface area contributed by atoms with E-state index in [1.165, 1.54) is 11.3 Å². The van der Waals surface area contributed by atoms with Gasteiger partial charge in [0.15, 0.2) is 0 Å². The van der Waals surface area contributed by atoms with Crippen molar-refractivity contribution < 1.29 is 9.52 Å². The minimum Gasteiger partial charge on any atom is -0.492 e. The Bertz CT molecular complexity index is 480. The molecule has 0 atom stereocenters. The Morgan fingerprint density at radius 3 is 2.85 bits per heavy atom. The summed E-state index contributed by atoms with van der Waals surface area (Å²) in [4.78, 5) is 13.7. The van der Waals surface area contributed by atoms with Gasteiger partial charge in [-0.2, -0.15) is 0 Å². The van der Waals surface area contributed by atoms with Crippen LogP contribution in [0.4, 0.5) is 0 Å². The maximum atomic E-state index is 10.7. The predicted octanol–water partition coefficient (Wildman–Crippen LogP) is 1.71. The number of H-pyrrole nitrogens is 1. The molecule has 68 valence electrons. The molecule has 0 fully saturated rings. The van der Waals surface area contributed by atoms with Crippen LogP contribution in [0.15, 0.2) is 20.7 Å². The number of rotatable bonds is 1. The number of hydrogen-bond donors (Lipinski definition) is 2. The number of aromatic amines is 1. The van der Waals surface area contributed by atoms with Crippen molar-refractivity contribution >= 4 is 11.3 Å². The first kappa shape index (κ1) is 8.12. The molecule has 2 rings (SSSR count). The lowest BCUT2D eigenvalue weighted by Gasteiger charge is -1.92. The van der Waals surface area contributed by atoms with E-state index in [0.29, 0.717) is 0 Å². The van der Waals surface area contributed by atoms with Crippen molar-refractivity contribution in [1.29, 1.82) is 0 Å². The quantitative estimate of drug-likeness (QED) is 0.731. The maximum absolute atomic E-state index is 10.7. The molecule has 0 radical (unpaired) electrons. The lowest BCUT2D eigenvalue weighted by molar-refractivity contribution is 0.453. The molecule has 0 aliphatic carbocycles. The number of nitrogens with one attached hydrogen (secondary N) is 1. The maximum Gasteiger partial charge on any atom is 0.419 e. The van der Waals surface area contributed by atoms with Crippen LogP contribution in [0.3, 0.4) is 0 Å². The van der Waals surface area contributed by atoms with Gasteiger partial charge in [0.05, 0.1) is 4.88 Å². The van der Waals surface area contributed by atoms with Crippen molar-refractivity contribution in [2.45, 2.75) is 6.92 Å². The number of oxazole rings is 1.